The molecule has 1 saturated carbocycles. The van der Waals surface area contributed by atoms with Crippen molar-refractivity contribution < 1.29 is 4.74 Å². The molecule has 0 aromatic heterocycles. The molecule has 0 bridgehead atoms. The third-order valence-corrected chi connectivity index (χ3v) is 2.43. The minimum atomic E-state index is 0.403. The number of hydrogen-bond donors (Lipinski definition) is 0. The fourth-order valence-corrected chi connectivity index (χ4v) is 1.67. The van der Waals surface area contributed by atoms with Crippen LogP contribution in [-0.4, -0.2) is 6.10 Å². The third-order valence-electron chi connectivity index (χ3n) is 2.43. The van der Waals surface area contributed by atoms with Crippen LogP contribution in [0, 0.1) is 6.42 Å². The highest BCUT2D eigenvalue weighted by Gasteiger charge is 2.15. The van der Waals surface area contributed by atoms with Gasteiger partial charge in [0.25, 0.3) is 0 Å². The molecule has 0 amide bonds. The van der Waals surface area contributed by atoms with Crippen LogP contribution in [0.1, 0.15) is 24.8 Å². The van der Waals surface area contributed by atoms with Crippen LogP contribution >= 0.6 is 0 Å². The highest BCUT2D eigenvalue weighted by molar-refractivity contribution is 5.13. The van der Waals surface area contributed by atoms with Gasteiger partial charge >= 0.3 is 0 Å². The SMILES string of the molecule is [CH]1CCCC1OCc1ccccc1. The summed E-state index contributed by atoms with van der Waals surface area (Å²) in [5.74, 6) is 0. The maximum Gasteiger partial charge on any atom is 0.0720 e. The summed E-state index contributed by atoms with van der Waals surface area (Å²) in [5.41, 5.74) is 1.27. The highest BCUT2D eigenvalue weighted by atomic mass is 16.5. The normalized spacial score (nSPS) is 17.8. The van der Waals surface area contributed by atoms with Crippen LogP contribution in [0.25, 0.3) is 0 Å². The maximum atomic E-state index is 5.73. The highest BCUT2D eigenvalue weighted by Crippen LogP contribution is 2.20. The van der Waals surface area contributed by atoms with E-state index in [0.29, 0.717) is 6.10 Å². The van der Waals surface area contributed by atoms with Crippen molar-refractivity contribution in [3.63, 3.8) is 0 Å². The molecule has 0 heterocycles. The van der Waals surface area contributed by atoms with Crippen molar-refractivity contribution in [2.75, 3.05) is 0 Å². The number of benzene rings is 1. The Balaban J connectivity index is 1.79. The van der Waals surface area contributed by atoms with Gasteiger partial charge in [0, 0.05) is 0 Å². The van der Waals surface area contributed by atoms with E-state index < -0.39 is 0 Å². The van der Waals surface area contributed by atoms with Crippen LogP contribution in [-0.2, 0) is 11.3 Å². The lowest BCUT2D eigenvalue weighted by molar-refractivity contribution is 0.0665. The van der Waals surface area contributed by atoms with Gasteiger partial charge < -0.3 is 4.74 Å². The predicted octanol–water partition coefficient (Wildman–Crippen LogP) is 2.96. The number of hydrogen-bond acceptors (Lipinski definition) is 1. The second kappa shape index (κ2) is 4.43. The smallest absolute Gasteiger partial charge is 0.0720 e. The van der Waals surface area contributed by atoms with Crippen molar-refractivity contribution in [2.24, 2.45) is 0 Å². The first kappa shape index (κ1) is 8.76. The van der Waals surface area contributed by atoms with E-state index in [2.05, 4.69) is 30.7 Å². The van der Waals surface area contributed by atoms with Crippen molar-refractivity contribution in [1.82, 2.24) is 0 Å². The van der Waals surface area contributed by atoms with Gasteiger partial charge in [0.2, 0.25) is 0 Å². The fourth-order valence-electron chi connectivity index (χ4n) is 1.67. The summed E-state index contributed by atoms with van der Waals surface area (Å²) in [6.45, 7) is 0.752. The van der Waals surface area contributed by atoms with Crippen LogP contribution in [0.15, 0.2) is 30.3 Å². The average Bonchev–Trinajstić information content (AvgIpc) is 2.69. The Labute approximate surface area is 79.7 Å². The molecule has 0 spiro atoms. The van der Waals surface area contributed by atoms with Gasteiger partial charge in [0.1, 0.15) is 0 Å². The molecule has 1 unspecified atom stereocenters. The summed E-state index contributed by atoms with van der Waals surface area (Å²) in [5, 5.41) is 0. The summed E-state index contributed by atoms with van der Waals surface area (Å²) in [4.78, 5) is 0. The summed E-state index contributed by atoms with van der Waals surface area (Å²) >= 11 is 0. The Kier molecular flexibility index (Phi) is 2.98. The Hall–Kier alpha value is -0.820. The van der Waals surface area contributed by atoms with Crippen molar-refractivity contribution in [3.8, 4) is 0 Å². The lowest BCUT2D eigenvalue weighted by atomic mass is 10.2. The van der Waals surface area contributed by atoms with Crippen LogP contribution in [0.3, 0.4) is 0 Å². The zero-order valence-corrected chi connectivity index (χ0v) is 7.78. The number of ether oxygens (including phenoxy) is 1. The molecule has 1 atom stereocenters. The quantitative estimate of drug-likeness (QED) is 0.686. The molecule has 1 heteroatoms. The van der Waals surface area contributed by atoms with E-state index in [1.807, 2.05) is 6.07 Å². The first-order valence-corrected chi connectivity index (χ1v) is 4.94. The van der Waals surface area contributed by atoms with Crippen molar-refractivity contribution in [3.05, 3.63) is 42.3 Å². The zero-order chi connectivity index (χ0) is 8.93. The molecule has 69 valence electrons. The van der Waals surface area contributed by atoms with Crippen LogP contribution in [0.2, 0.25) is 0 Å². The molecule has 13 heavy (non-hydrogen) atoms. The molecule has 1 aromatic carbocycles. The van der Waals surface area contributed by atoms with Crippen molar-refractivity contribution in [1.29, 1.82) is 0 Å². The lowest BCUT2D eigenvalue weighted by Gasteiger charge is -2.10. The van der Waals surface area contributed by atoms with E-state index >= 15 is 0 Å². The second-order valence-corrected chi connectivity index (χ2v) is 3.50. The van der Waals surface area contributed by atoms with Gasteiger partial charge in [-0.3, -0.25) is 0 Å². The zero-order valence-electron chi connectivity index (χ0n) is 7.78. The molecule has 1 radical (unpaired) electrons. The largest absolute Gasteiger partial charge is 0.373 e. The summed E-state index contributed by atoms with van der Waals surface area (Å²) in [7, 11) is 0. The van der Waals surface area contributed by atoms with Gasteiger partial charge in [-0.2, -0.15) is 0 Å². The molecule has 0 aliphatic heterocycles. The molecule has 1 aromatic rings. The molecule has 1 nitrogen and oxygen atoms in total. The molecule has 0 saturated heterocycles. The van der Waals surface area contributed by atoms with Gasteiger partial charge in [0.15, 0.2) is 0 Å². The first-order chi connectivity index (χ1) is 6.45. The Bertz CT molecular complexity index is 237. The first-order valence-electron chi connectivity index (χ1n) is 4.94. The standard InChI is InChI=1S/C12H15O/c1-2-6-11(7-3-1)10-13-12-8-4-5-9-12/h1-3,6-8,12H,4-5,9-10H2. The predicted molar refractivity (Wildman–Crippen MR) is 53.2 cm³/mol. The number of rotatable bonds is 3. The summed E-state index contributed by atoms with van der Waals surface area (Å²) < 4.78 is 5.73. The van der Waals surface area contributed by atoms with E-state index in [-0.39, 0.29) is 0 Å². The summed E-state index contributed by atoms with van der Waals surface area (Å²) in [6, 6.07) is 10.4. The van der Waals surface area contributed by atoms with E-state index in [1.54, 1.807) is 0 Å². The lowest BCUT2D eigenvalue weighted by Crippen LogP contribution is -2.07. The topological polar surface area (TPSA) is 9.23 Å². The van der Waals surface area contributed by atoms with Gasteiger partial charge in [-0.15, -0.1) is 0 Å². The Morgan fingerprint density at radius 1 is 1.23 bits per heavy atom. The van der Waals surface area contributed by atoms with Gasteiger partial charge in [0.05, 0.1) is 12.7 Å². The second-order valence-electron chi connectivity index (χ2n) is 3.50. The monoisotopic (exact) mass is 175 g/mol. The Morgan fingerprint density at radius 3 is 2.77 bits per heavy atom. The van der Waals surface area contributed by atoms with E-state index in [9.17, 15) is 0 Å². The van der Waals surface area contributed by atoms with E-state index in [1.165, 1.54) is 24.8 Å². The molecular formula is C12H15O. The fraction of sp³-hybridized carbons (Fsp3) is 0.417. The maximum absolute atomic E-state index is 5.73. The van der Waals surface area contributed by atoms with Gasteiger partial charge in [-0.1, -0.05) is 36.8 Å². The van der Waals surface area contributed by atoms with Gasteiger partial charge in [-0.05, 0) is 24.8 Å². The molecule has 1 fully saturated rings. The van der Waals surface area contributed by atoms with Crippen LogP contribution in [0.4, 0.5) is 0 Å². The molecule has 1 aliphatic rings. The van der Waals surface area contributed by atoms with E-state index in [0.717, 1.165) is 6.61 Å². The minimum absolute atomic E-state index is 0.403. The Morgan fingerprint density at radius 2 is 2.08 bits per heavy atom. The van der Waals surface area contributed by atoms with Gasteiger partial charge in [-0.25, -0.2) is 0 Å². The van der Waals surface area contributed by atoms with Crippen LogP contribution < -0.4 is 0 Å². The molecule has 1 aliphatic carbocycles. The molecule has 0 N–H and O–H groups in total. The molecular weight excluding hydrogens is 160 g/mol. The third kappa shape index (κ3) is 2.56. The minimum Gasteiger partial charge on any atom is -0.373 e. The van der Waals surface area contributed by atoms with Crippen molar-refractivity contribution in [2.45, 2.75) is 32.0 Å². The van der Waals surface area contributed by atoms with Crippen molar-refractivity contribution >= 4 is 0 Å². The summed E-state index contributed by atoms with van der Waals surface area (Å²) in [6.07, 6.45) is 6.40. The van der Waals surface area contributed by atoms with Crippen LogP contribution in [0.5, 0.6) is 0 Å². The molecule has 2 rings (SSSR count). The van der Waals surface area contributed by atoms with E-state index in [4.69, 9.17) is 4.74 Å². The average molecular weight is 175 g/mol.